The van der Waals surface area contributed by atoms with Crippen LogP contribution in [0.4, 0.5) is 0 Å². The Morgan fingerprint density at radius 2 is 2.44 bits per heavy atom. The van der Waals surface area contributed by atoms with E-state index in [1.807, 2.05) is 0 Å². The molecule has 0 bridgehead atoms. The van der Waals surface area contributed by atoms with E-state index in [4.69, 9.17) is 18.0 Å². The molecule has 0 aliphatic carbocycles. The Bertz CT molecular complexity index is 145. The minimum Gasteiger partial charge on any atom is -0.374 e. The Morgan fingerprint density at radius 1 is 1.89 bits per heavy atom. The highest BCUT2D eigenvalue weighted by Gasteiger charge is 2.15. The first-order chi connectivity index (χ1) is 4.18. The summed E-state index contributed by atoms with van der Waals surface area (Å²) in [7, 11) is 0. The fraction of sp³-hybridized carbons (Fsp3) is 0.429. The van der Waals surface area contributed by atoms with Gasteiger partial charge in [-0.25, -0.2) is 0 Å². The molecule has 0 saturated carbocycles. The van der Waals surface area contributed by atoms with Gasteiger partial charge in [0.2, 0.25) is 0 Å². The van der Waals surface area contributed by atoms with Gasteiger partial charge in [0.05, 0.1) is 0 Å². The summed E-state index contributed by atoms with van der Waals surface area (Å²) in [5.74, 6) is 2.21. The highest BCUT2D eigenvalue weighted by atomic mass is 35.5. The lowest BCUT2D eigenvalue weighted by Gasteiger charge is -2.12. The molecule has 0 aromatic heterocycles. The molecule has 0 fully saturated rings. The largest absolute Gasteiger partial charge is 0.374 e. The summed E-state index contributed by atoms with van der Waals surface area (Å²) in [6, 6.07) is 0. The van der Waals surface area contributed by atoms with Gasteiger partial charge in [-0.3, -0.25) is 0 Å². The van der Waals surface area contributed by atoms with E-state index in [-0.39, 0.29) is 0 Å². The van der Waals surface area contributed by atoms with E-state index in [0.29, 0.717) is 6.42 Å². The third-order valence-electron chi connectivity index (χ3n) is 1.13. The van der Waals surface area contributed by atoms with Gasteiger partial charge in [0, 0.05) is 5.54 Å². The van der Waals surface area contributed by atoms with E-state index >= 15 is 0 Å². The van der Waals surface area contributed by atoms with Crippen LogP contribution in [0.5, 0.6) is 0 Å². The van der Waals surface area contributed by atoms with Crippen molar-refractivity contribution in [2.45, 2.75) is 18.9 Å². The lowest BCUT2D eigenvalue weighted by molar-refractivity contribution is 0.149. The van der Waals surface area contributed by atoms with Gasteiger partial charge in [0.1, 0.15) is 5.60 Å². The summed E-state index contributed by atoms with van der Waals surface area (Å²) in [4.78, 5) is 0. The van der Waals surface area contributed by atoms with Crippen molar-refractivity contribution in [2.75, 3.05) is 0 Å². The third-order valence-corrected chi connectivity index (χ3v) is 1.25. The molecule has 0 unspecified atom stereocenters. The Balaban J connectivity index is 4.14. The van der Waals surface area contributed by atoms with Crippen LogP contribution >= 0.6 is 11.6 Å². The Hall–Kier alpha value is -0.450. The Labute approximate surface area is 60.3 Å². The van der Waals surface area contributed by atoms with E-state index in [0.717, 1.165) is 0 Å². The van der Waals surface area contributed by atoms with Gasteiger partial charge in [0.25, 0.3) is 0 Å². The van der Waals surface area contributed by atoms with Gasteiger partial charge in [-0.1, -0.05) is 24.4 Å². The second-order valence-corrected chi connectivity index (χ2v) is 1.97. The van der Waals surface area contributed by atoms with Crippen molar-refractivity contribution in [3.63, 3.8) is 0 Å². The van der Waals surface area contributed by atoms with Crippen LogP contribution < -0.4 is 0 Å². The number of halogens is 1. The topological polar surface area (TPSA) is 20.2 Å². The highest BCUT2D eigenvalue weighted by molar-refractivity contribution is 6.25. The molecule has 1 atom stereocenters. The Morgan fingerprint density at radius 3 is 2.56 bits per heavy atom. The average Bonchev–Trinajstić information content (AvgIpc) is 1.89. The number of hydrogen-bond donors (Lipinski definition) is 1. The molecule has 0 saturated heterocycles. The zero-order valence-corrected chi connectivity index (χ0v) is 6.02. The van der Waals surface area contributed by atoms with Crippen molar-refractivity contribution < 1.29 is 5.11 Å². The minimum absolute atomic E-state index is 0.479. The predicted molar refractivity (Wildman–Crippen MR) is 39.1 cm³/mol. The molecule has 2 heteroatoms. The van der Waals surface area contributed by atoms with Crippen LogP contribution in [0.1, 0.15) is 13.3 Å². The molecule has 0 aromatic carbocycles. The second-order valence-electron chi connectivity index (χ2n) is 1.71. The van der Waals surface area contributed by atoms with E-state index in [1.165, 1.54) is 11.6 Å². The molecule has 0 aromatic rings. The lowest BCUT2D eigenvalue weighted by Crippen LogP contribution is -2.20. The normalized spacial score (nSPS) is 17.1. The van der Waals surface area contributed by atoms with Crippen LogP contribution in [0.15, 0.2) is 11.6 Å². The fourth-order valence-corrected chi connectivity index (χ4v) is 0.581. The summed E-state index contributed by atoms with van der Waals surface area (Å²) >= 11 is 5.21. The fourth-order valence-electron chi connectivity index (χ4n) is 0.372. The van der Waals surface area contributed by atoms with Crippen LogP contribution in [0.3, 0.4) is 0 Å². The first-order valence-electron chi connectivity index (χ1n) is 2.66. The molecule has 1 nitrogen and oxygen atoms in total. The van der Waals surface area contributed by atoms with Crippen molar-refractivity contribution in [1.29, 1.82) is 0 Å². The lowest BCUT2D eigenvalue weighted by atomic mass is 10.0. The van der Waals surface area contributed by atoms with Crippen LogP contribution in [-0.4, -0.2) is 10.7 Å². The monoisotopic (exact) mass is 144 g/mol. The van der Waals surface area contributed by atoms with Gasteiger partial charge in [-0.2, -0.15) is 0 Å². The molecule has 9 heavy (non-hydrogen) atoms. The van der Waals surface area contributed by atoms with E-state index in [2.05, 4.69) is 5.92 Å². The van der Waals surface area contributed by atoms with Crippen LogP contribution in [0.25, 0.3) is 0 Å². The third kappa shape index (κ3) is 2.55. The number of terminal acetylenes is 1. The first kappa shape index (κ1) is 8.55. The predicted octanol–water partition coefficient (Wildman–Crippen LogP) is 1.51. The van der Waals surface area contributed by atoms with Crippen molar-refractivity contribution in [3.05, 3.63) is 11.6 Å². The highest BCUT2D eigenvalue weighted by Crippen LogP contribution is 2.09. The number of aliphatic hydroxyl groups is 1. The standard InChI is InChI=1S/C7H9ClO/c1-3-7(9,4-2)5-6-8/h1,5-6,9H,4H2,2H3/b6-5-/t7-/m1/s1. The SMILES string of the molecule is C#C[C@](O)(/C=C\Cl)CC. The van der Waals surface area contributed by atoms with Gasteiger partial charge < -0.3 is 5.11 Å². The van der Waals surface area contributed by atoms with Gasteiger partial charge >= 0.3 is 0 Å². The quantitative estimate of drug-likeness (QED) is 0.583. The summed E-state index contributed by atoms with van der Waals surface area (Å²) in [5, 5.41) is 9.22. The maximum absolute atomic E-state index is 9.22. The van der Waals surface area contributed by atoms with Crippen molar-refractivity contribution in [2.24, 2.45) is 0 Å². The number of hydrogen-bond acceptors (Lipinski definition) is 1. The van der Waals surface area contributed by atoms with E-state index in [1.54, 1.807) is 6.92 Å². The maximum atomic E-state index is 9.22. The van der Waals surface area contributed by atoms with Gasteiger partial charge in [-0.05, 0) is 12.5 Å². The molecule has 1 N–H and O–H groups in total. The van der Waals surface area contributed by atoms with Crippen LogP contribution in [0.2, 0.25) is 0 Å². The molecular weight excluding hydrogens is 136 g/mol. The van der Waals surface area contributed by atoms with Crippen LogP contribution in [-0.2, 0) is 0 Å². The molecule has 0 radical (unpaired) electrons. The van der Waals surface area contributed by atoms with E-state index in [9.17, 15) is 5.11 Å². The van der Waals surface area contributed by atoms with Gasteiger partial charge in [0.15, 0.2) is 0 Å². The summed E-state index contributed by atoms with van der Waals surface area (Å²) in [6.07, 6.45) is 6.86. The van der Waals surface area contributed by atoms with Crippen molar-refractivity contribution >= 4 is 11.6 Å². The van der Waals surface area contributed by atoms with Crippen molar-refractivity contribution in [3.8, 4) is 12.3 Å². The molecule has 0 rings (SSSR count). The average molecular weight is 145 g/mol. The number of rotatable bonds is 2. The van der Waals surface area contributed by atoms with E-state index < -0.39 is 5.60 Å². The first-order valence-corrected chi connectivity index (χ1v) is 3.10. The molecule has 0 heterocycles. The minimum atomic E-state index is -1.15. The molecule has 50 valence electrons. The molecule has 0 amide bonds. The van der Waals surface area contributed by atoms with Crippen LogP contribution in [0, 0.1) is 12.3 Å². The molecule has 0 aliphatic rings. The Kier molecular flexibility index (Phi) is 3.37. The summed E-state index contributed by atoms with van der Waals surface area (Å²) < 4.78 is 0. The maximum Gasteiger partial charge on any atom is 0.144 e. The molecule has 0 spiro atoms. The zero-order chi connectivity index (χ0) is 7.33. The van der Waals surface area contributed by atoms with Gasteiger partial charge in [-0.15, -0.1) is 6.42 Å². The van der Waals surface area contributed by atoms with Crippen molar-refractivity contribution in [1.82, 2.24) is 0 Å². The smallest absolute Gasteiger partial charge is 0.144 e. The summed E-state index contributed by atoms with van der Waals surface area (Å²) in [6.45, 7) is 1.79. The second kappa shape index (κ2) is 3.55. The molecule has 0 aliphatic heterocycles. The summed E-state index contributed by atoms with van der Waals surface area (Å²) in [5.41, 5.74) is 0.0745. The molecular formula is C7H9ClO. The zero-order valence-electron chi connectivity index (χ0n) is 5.26.